The van der Waals surface area contributed by atoms with Crippen LogP contribution in [0.4, 0.5) is 0 Å². The molecule has 0 radical (unpaired) electrons. The summed E-state index contributed by atoms with van der Waals surface area (Å²) in [5, 5.41) is 3.71. The summed E-state index contributed by atoms with van der Waals surface area (Å²) in [6.45, 7) is 11.7. The van der Waals surface area contributed by atoms with Crippen molar-refractivity contribution in [2.45, 2.75) is 45.1 Å². The highest BCUT2D eigenvalue weighted by atomic mass is 15.2. The molecule has 2 nitrogen and oxygen atoms in total. The van der Waals surface area contributed by atoms with Crippen molar-refractivity contribution in [3.05, 3.63) is 35.9 Å². The van der Waals surface area contributed by atoms with Gasteiger partial charge in [0, 0.05) is 18.6 Å². The molecule has 1 aliphatic rings. The molecule has 0 spiro atoms. The molecular formula is C17H28N2. The molecule has 2 unspecified atom stereocenters. The second-order valence-corrected chi connectivity index (χ2v) is 6.24. The molecule has 1 N–H and O–H groups in total. The van der Waals surface area contributed by atoms with Gasteiger partial charge in [0.15, 0.2) is 0 Å². The van der Waals surface area contributed by atoms with Crippen LogP contribution in [0.25, 0.3) is 0 Å². The third-order valence-electron chi connectivity index (χ3n) is 4.46. The molecule has 106 valence electrons. The Hall–Kier alpha value is -0.860. The highest BCUT2D eigenvalue weighted by molar-refractivity contribution is 5.19. The standard InChI is InChI=1S/C17H28N2/c1-4-17(3)14-19(12-8-11-18-17)13-15(2)16-9-6-5-7-10-16/h5-7,9-10,15,18H,4,8,11-14H2,1-3H3. The molecule has 2 heteroatoms. The zero-order chi connectivity index (χ0) is 13.7. The molecule has 1 fully saturated rings. The third kappa shape index (κ3) is 4.05. The molecule has 1 saturated heterocycles. The first-order valence-corrected chi connectivity index (χ1v) is 7.65. The fourth-order valence-electron chi connectivity index (χ4n) is 2.99. The van der Waals surface area contributed by atoms with Crippen molar-refractivity contribution >= 4 is 0 Å². The predicted octanol–water partition coefficient (Wildman–Crippen LogP) is 3.25. The molecular weight excluding hydrogens is 232 g/mol. The topological polar surface area (TPSA) is 15.3 Å². The summed E-state index contributed by atoms with van der Waals surface area (Å²) < 4.78 is 0. The number of hydrogen-bond acceptors (Lipinski definition) is 2. The van der Waals surface area contributed by atoms with Crippen molar-refractivity contribution in [1.29, 1.82) is 0 Å². The van der Waals surface area contributed by atoms with Crippen LogP contribution in [0.3, 0.4) is 0 Å². The summed E-state index contributed by atoms with van der Waals surface area (Å²) in [4.78, 5) is 2.64. The van der Waals surface area contributed by atoms with Crippen LogP contribution in [0, 0.1) is 0 Å². The van der Waals surface area contributed by atoms with Crippen molar-refractivity contribution in [2.24, 2.45) is 0 Å². The van der Waals surface area contributed by atoms with E-state index in [4.69, 9.17) is 0 Å². The lowest BCUT2D eigenvalue weighted by Gasteiger charge is -2.34. The van der Waals surface area contributed by atoms with E-state index >= 15 is 0 Å². The van der Waals surface area contributed by atoms with Crippen LogP contribution in [-0.4, -0.2) is 36.6 Å². The van der Waals surface area contributed by atoms with Crippen molar-refractivity contribution < 1.29 is 0 Å². The summed E-state index contributed by atoms with van der Waals surface area (Å²) in [6.07, 6.45) is 2.46. The van der Waals surface area contributed by atoms with Crippen LogP contribution in [0.1, 0.15) is 45.1 Å². The lowest BCUT2D eigenvalue weighted by Crippen LogP contribution is -2.49. The van der Waals surface area contributed by atoms with Gasteiger partial charge in [0.1, 0.15) is 0 Å². The molecule has 2 atom stereocenters. The number of hydrogen-bond donors (Lipinski definition) is 1. The lowest BCUT2D eigenvalue weighted by atomic mass is 9.96. The zero-order valence-electron chi connectivity index (χ0n) is 12.7. The van der Waals surface area contributed by atoms with Gasteiger partial charge < -0.3 is 10.2 Å². The number of nitrogens with zero attached hydrogens (tertiary/aromatic N) is 1. The smallest absolute Gasteiger partial charge is 0.0277 e. The molecule has 0 saturated carbocycles. The highest BCUT2D eigenvalue weighted by Crippen LogP contribution is 2.20. The van der Waals surface area contributed by atoms with Gasteiger partial charge in [0.05, 0.1) is 0 Å². The van der Waals surface area contributed by atoms with Crippen molar-refractivity contribution in [2.75, 3.05) is 26.2 Å². The van der Waals surface area contributed by atoms with E-state index in [9.17, 15) is 0 Å². The molecule has 0 aromatic heterocycles. The Labute approximate surface area is 118 Å². The Morgan fingerprint density at radius 1 is 1.32 bits per heavy atom. The fourth-order valence-corrected chi connectivity index (χ4v) is 2.99. The molecule has 0 bridgehead atoms. The molecule has 1 aromatic rings. The zero-order valence-corrected chi connectivity index (χ0v) is 12.7. The maximum atomic E-state index is 3.71. The Kier molecular flexibility index (Phi) is 5.00. The first-order valence-electron chi connectivity index (χ1n) is 7.65. The third-order valence-corrected chi connectivity index (χ3v) is 4.46. The number of nitrogens with one attached hydrogen (secondary N) is 1. The maximum absolute atomic E-state index is 3.71. The molecule has 1 heterocycles. The van der Waals surface area contributed by atoms with E-state index in [0.717, 1.165) is 6.54 Å². The first-order chi connectivity index (χ1) is 9.13. The van der Waals surface area contributed by atoms with Gasteiger partial charge in [-0.1, -0.05) is 44.2 Å². The Balaban J connectivity index is 1.97. The predicted molar refractivity (Wildman–Crippen MR) is 82.6 cm³/mol. The summed E-state index contributed by atoms with van der Waals surface area (Å²) >= 11 is 0. The first kappa shape index (κ1) is 14.5. The molecule has 1 aromatic carbocycles. The van der Waals surface area contributed by atoms with Crippen molar-refractivity contribution in [1.82, 2.24) is 10.2 Å². The van der Waals surface area contributed by atoms with Gasteiger partial charge in [0.2, 0.25) is 0 Å². The maximum Gasteiger partial charge on any atom is 0.0277 e. The number of benzene rings is 1. The van der Waals surface area contributed by atoms with E-state index < -0.39 is 0 Å². The fraction of sp³-hybridized carbons (Fsp3) is 0.647. The van der Waals surface area contributed by atoms with Crippen molar-refractivity contribution in [3.63, 3.8) is 0 Å². The van der Waals surface area contributed by atoms with Gasteiger partial charge in [-0.2, -0.15) is 0 Å². The van der Waals surface area contributed by atoms with Crippen LogP contribution in [0.2, 0.25) is 0 Å². The van der Waals surface area contributed by atoms with Crippen LogP contribution in [0.5, 0.6) is 0 Å². The largest absolute Gasteiger partial charge is 0.310 e. The Morgan fingerprint density at radius 3 is 2.74 bits per heavy atom. The summed E-state index contributed by atoms with van der Waals surface area (Å²) in [7, 11) is 0. The quantitative estimate of drug-likeness (QED) is 0.894. The molecule has 1 aliphatic heterocycles. The lowest BCUT2D eigenvalue weighted by molar-refractivity contribution is 0.207. The van der Waals surface area contributed by atoms with Gasteiger partial charge in [-0.05, 0) is 44.3 Å². The SMILES string of the molecule is CCC1(C)CN(CC(C)c2ccccc2)CCCN1. The van der Waals surface area contributed by atoms with Gasteiger partial charge in [-0.15, -0.1) is 0 Å². The van der Waals surface area contributed by atoms with Crippen LogP contribution >= 0.6 is 0 Å². The molecule has 0 aliphatic carbocycles. The summed E-state index contributed by atoms with van der Waals surface area (Å²) in [6, 6.07) is 10.9. The normalized spacial score (nSPS) is 26.9. The van der Waals surface area contributed by atoms with Crippen LogP contribution < -0.4 is 5.32 Å². The molecule has 0 amide bonds. The van der Waals surface area contributed by atoms with E-state index in [1.54, 1.807) is 0 Å². The minimum atomic E-state index is 0.285. The Bertz CT molecular complexity index is 376. The van der Waals surface area contributed by atoms with E-state index in [0.29, 0.717) is 5.92 Å². The second-order valence-electron chi connectivity index (χ2n) is 6.24. The van der Waals surface area contributed by atoms with E-state index in [-0.39, 0.29) is 5.54 Å². The van der Waals surface area contributed by atoms with Gasteiger partial charge in [0.25, 0.3) is 0 Å². The minimum Gasteiger partial charge on any atom is -0.310 e. The number of rotatable bonds is 4. The molecule has 2 rings (SSSR count). The van der Waals surface area contributed by atoms with Crippen molar-refractivity contribution in [3.8, 4) is 0 Å². The van der Waals surface area contributed by atoms with E-state index in [1.165, 1.54) is 38.0 Å². The average molecular weight is 260 g/mol. The van der Waals surface area contributed by atoms with Gasteiger partial charge in [-0.3, -0.25) is 0 Å². The summed E-state index contributed by atoms with van der Waals surface area (Å²) in [5.41, 5.74) is 1.74. The average Bonchev–Trinajstić information content (AvgIpc) is 2.62. The van der Waals surface area contributed by atoms with Crippen LogP contribution in [0.15, 0.2) is 30.3 Å². The monoisotopic (exact) mass is 260 g/mol. The molecule has 19 heavy (non-hydrogen) atoms. The van der Waals surface area contributed by atoms with Gasteiger partial charge >= 0.3 is 0 Å². The second kappa shape index (κ2) is 6.53. The summed E-state index contributed by atoms with van der Waals surface area (Å²) in [5.74, 6) is 0.611. The van der Waals surface area contributed by atoms with Gasteiger partial charge in [-0.25, -0.2) is 0 Å². The Morgan fingerprint density at radius 2 is 2.05 bits per heavy atom. The minimum absolute atomic E-state index is 0.285. The van der Waals surface area contributed by atoms with Crippen LogP contribution in [-0.2, 0) is 0 Å². The van der Waals surface area contributed by atoms with E-state index in [2.05, 4.69) is 61.3 Å². The highest BCUT2D eigenvalue weighted by Gasteiger charge is 2.27. The van der Waals surface area contributed by atoms with E-state index in [1.807, 2.05) is 0 Å².